The SMILES string of the molecule is CCCN(CC(O)CN1CCCC1=O)C(C)c1cc2ccccc2o1. The van der Waals surface area contributed by atoms with Gasteiger partial charge in [0.25, 0.3) is 0 Å². The Morgan fingerprint density at radius 3 is 2.84 bits per heavy atom. The highest BCUT2D eigenvalue weighted by Gasteiger charge is 2.26. The van der Waals surface area contributed by atoms with Crippen LogP contribution in [0.5, 0.6) is 0 Å². The van der Waals surface area contributed by atoms with Crippen LogP contribution in [0.3, 0.4) is 0 Å². The van der Waals surface area contributed by atoms with Crippen molar-refractivity contribution in [3.63, 3.8) is 0 Å². The number of hydrogen-bond acceptors (Lipinski definition) is 4. The first-order chi connectivity index (χ1) is 12.1. The zero-order chi connectivity index (χ0) is 17.8. The Bertz CT molecular complexity index is 679. The summed E-state index contributed by atoms with van der Waals surface area (Å²) < 4.78 is 6.00. The molecule has 1 fully saturated rings. The fourth-order valence-corrected chi connectivity index (χ4v) is 3.60. The molecule has 5 heteroatoms. The van der Waals surface area contributed by atoms with Gasteiger partial charge in [0.2, 0.25) is 5.91 Å². The third-order valence-electron chi connectivity index (χ3n) is 4.96. The zero-order valence-electron chi connectivity index (χ0n) is 15.1. The number of β-amino-alcohol motifs (C(OH)–C–C–N with tert-alkyl or cyclic N) is 1. The van der Waals surface area contributed by atoms with Gasteiger partial charge >= 0.3 is 0 Å². The quantitative estimate of drug-likeness (QED) is 0.799. The number of aliphatic hydroxyl groups excluding tert-OH is 1. The van der Waals surface area contributed by atoms with Gasteiger partial charge in [-0.2, -0.15) is 0 Å². The lowest BCUT2D eigenvalue weighted by molar-refractivity contribution is -0.129. The van der Waals surface area contributed by atoms with Crippen LogP contribution in [-0.2, 0) is 4.79 Å². The summed E-state index contributed by atoms with van der Waals surface area (Å²) in [5.41, 5.74) is 0.893. The van der Waals surface area contributed by atoms with E-state index in [1.165, 1.54) is 0 Å². The molecule has 0 bridgehead atoms. The molecule has 3 rings (SSSR count). The smallest absolute Gasteiger partial charge is 0.222 e. The first-order valence-electron chi connectivity index (χ1n) is 9.27. The number of carbonyl (C=O) groups is 1. The molecule has 1 aromatic carbocycles. The van der Waals surface area contributed by atoms with E-state index in [1.54, 1.807) is 4.90 Å². The van der Waals surface area contributed by atoms with Crippen LogP contribution in [0.4, 0.5) is 0 Å². The molecule has 0 radical (unpaired) electrons. The number of rotatable bonds is 8. The van der Waals surface area contributed by atoms with Crippen molar-refractivity contribution in [3.05, 3.63) is 36.1 Å². The van der Waals surface area contributed by atoms with E-state index in [0.29, 0.717) is 19.5 Å². The molecule has 1 N–H and O–H groups in total. The number of nitrogens with zero attached hydrogens (tertiary/aromatic N) is 2. The normalized spacial score (nSPS) is 17.6. The highest BCUT2D eigenvalue weighted by atomic mass is 16.3. The van der Waals surface area contributed by atoms with Crippen molar-refractivity contribution in [2.75, 3.05) is 26.2 Å². The Balaban J connectivity index is 1.67. The van der Waals surface area contributed by atoms with E-state index < -0.39 is 6.10 Å². The Hall–Kier alpha value is -1.85. The molecule has 1 aromatic heterocycles. The van der Waals surface area contributed by atoms with E-state index >= 15 is 0 Å². The van der Waals surface area contributed by atoms with Crippen molar-refractivity contribution < 1.29 is 14.3 Å². The van der Waals surface area contributed by atoms with Gasteiger partial charge in [-0.3, -0.25) is 9.69 Å². The van der Waals surface area contributed by atoms with Crippen molar-refractivity contribution in [3.8, 4) is 0 Å². The third kappa shape index (κ3) is 4.22. The average Bonchev–Trinajstić information content (AvgIpc) is 3.20. The van der Waals surface area contributed by atoms with Gasteiger partial charge in [0.1, 0.15) is 11.3 Å². The lowest BCUT2D eigenvalue weighted by Crippen LogP contribution is -2.41. The zero-order valence-corrected chi connectivity index (χ0v) is 15.1. The Labute approximate surface area is 149 Å². The molecule has 136 valence electrons. The fraction of sp³-hybridized carbons (Fsp3) is 0.550. The Morgan fingerprint density at radius 1 is 1.36 bits per heavy atom. The minimum atomic E-state index is -0.541. The topological polar surface area (TPSA) is 56.9 Å². The van der Waals surface area contributed by atoms with Gasteiger partial charge in [-0.1, -0.05) is 25.1 Å². The van der Waals surface area contributed by atoms with E-state index in [0.717, 1.165) is 42.7 Å². The number of hydrogen-bond donors (Lipinski definition) is 1. The molecule has 1 amide bonds. The number of furan rings is 1. The van der Waals surface area contributed by atoms with Crippen molar-refractivity contribution in [2.45, 2.75) is 45.3 Å². The first kappa shape index (κ1) is 18.0. The summed E-state index contributed by atoms with van der Waals surface area (Å²) in [5.74, 6) is 1.07. The molecular weight excluding hydrogens is 316 g/mol. The summed E-state index contributed by atoms with van der Waals surface area (Å²) in [6.07, 6.45) is 1.97. The van der Waals surface area contributed by atoms with Crippen molar-refractivity contribution in [1.82, 2.24) is 9.80 Å². The molecule has 2 heterocycles. The van der Waals surface area contributed by atoms with Gasteiger partial charge in [-0.15, -0.1) is 0 Å². The predicted octanol–water partition coefficient (Wildman–Crippen LogP) is 3.19. The maximum atomic E-state index is 11.8. The van der Waals surface area contributed by atoms with Crippen LogP contribution in [0.1, 0.15) is 44.9 Å². The lowest BCUT2D eigenvalue weighted by atomic mass is 10.1. The van der Waals surface area contributed by atoms with Crippen LogP contribution in [0.25, 0.3) is 11.0 Å². The molecule has 25 heavy (non-hydrogen) atoms. The standard InChI is InChI=1S/C20H28N2O3/c1-3-10-21(13-17(23)14-22-11-6-9-20(22)24)15(2)19-12-16-7-4-5-8-18(16)25-19/h4-5,7-8,12,15,17,23H,3,6,9-11,13-14H2,1-2H3. The van der Waals surface area contributed by atoms with Crippen molar-refractivity contribution in [2.24, 2.45) is 0 Å². The number of para-hydroxylation sites is 1. The molecule has 0 aliphatic carbocycles. The third-order valence-corrected chi connectivity index (χ3v) is 4.96. The van der Waals surface area contributed by atoms with E-state index in [-0.39, 0.29) is 11.9 Å². The van der Waals surface area contributed by atoms with Gasteiger partial charge in [0.05, 0.1) is 12.1 Å². The summed E-state index contributed by atoms with van der Waals surface area (Å²) in [4.78, 5) is 15.8. The van der Waals surface area contributed by atoms with E-state index in [1.807, 2.05) is 24.3 Å². The number of aliphatic hydroxyl groups is 1. The minimum absolute atomic E-state index is 0.0799. The molecule has 2 unspecified atom stereocenters. The summed E-state index contributed by atoms with van der Waals surface area (Å²) in [6.45, 7) is 6.85. The van der Waals surface area contributed by atoms with E-state index in [9.17, 15) is 9.90 Å². The second-order valence-electron chi connectivity index (χ2n) is 6.95. The lowest BCUT2D eigenvalue weighted by Gasteiger charge is -2.30. The van der Waals surface area contributed by atoms with Gasteiger partial charge in [0, 0.05) is 31.4 Å². The van der Waals surface area contributed by atoms with Crippen LogP contribution in [0.15, 0.2) is 34.7 Å². The summed E-state index contributed by atoms with van der Waals surface area (Å²) in [5, 5.41) is 11.6. The minimum Gasteiger partial charge on any atom is -0.459 e. The molecule has 0 spiro atoms. The highest BCUT2D eigenvalue weighted by Crippen LogP contribution is 2.27. The molecule has 0 saturated carbocycles. The van der Waals surface area contributed by atoms with Gasteiger partial charge < -0.3 is 14.4 Å². The van der Waals surface area contributed by atoms with E-state index in [2.05, 4.69) is 24.8 Å². The predicted molar refractivity (Wildman–Crippen MR) is 98.3 cm³/mol. The number of carbonyl (C=O) groups excluding carboxylic acids is 1. The second kappa shape index (κ2) is 8.02. The van der Waals surface area contributed by atoms with Crippen molar-refractivity contribution >= 4 is 16.9 Å². The number of likely N-dealkylation sites (tertiary alicyclic amines) is 1. The summed E-state index contributed by atoms with van der Waals surface area (Å²) in [7, 11) is 0. The summed E-state index contributed by atoms with van der Waals surface area (Å²) in [6, 6.07) is 10.2. The van der Waals surface area contributed by atoms with Gasteiger partial charge in [0.15, 0.2) is 0 Å². The largest absolute Gasteiger partial charge is 0.459 e. The van der Waals surface area contributed by atoms with Crippen LogP contribution >= 0.6 is 0 Å². The van der Waals surface area contributed by atoms with Crippen LogP contribution < -0.4 is 0 Å². The molecular formula is C20H28N2O3. The number of fused-ring (bicyclic) bond motifs is 1. The number of benzene rings is 1. The molecule has 2 aromatic rings. The molecule has 2 atom stereocenters. The highest BCUT2D eigenvalue weighted by molar-refractivity contribution is 5.78. The Kier molecular flexibility index (Phi) is 5.76. The maximum absolute atomic E-state index is 11.8. The van der Waals surface area contributed by atoms with Crippen molar-refractivity contribution in [1.29, 1.82) is 0 Å². The van der Waals surface area contributed by atoms with Gasteiger partial charge in [-0.25, -0.2) is 0 Å². The van der Waals surface area contributed by atoms with Crippen LogP contribution in [0.2, 0.25) is 0 Å². The van der Waals surface area contributed by atoms with Crippen LogP contribution in [0, 0.1) is 0 Å². The average molecular weight is 344 g/mol. The number of amides is 1. The summed E-state index contributed by atoms with van der Waals surface area (Å²) >= 11 is 0. The molecule has 1 saturated heterocycles. The second-order valence-corrected chi connectivity index (χ2v) is 6.95. The monoisotopic (exact) mass is 344 g/mol. The van der Waals surface area contributed by atoms with E-state index in [4.69, 9.17) is 4.42 Å². The first-order valence-corrected chi connectivity index (χ1v) is 9.27. The fourth-order valence-electron chi connectivity index (χ4n) is 3.60. The molecule has 1 aliphatic rings. The molecule has 5 nitrogen and oxygen atoms in total. The maximum Gasteiger partial charge on any atom is 0.222 e. The Morgan fingerprint density at radius 2 is 2.16 bits per heavy atom. The van der Waals surface area contributed by atoms with Crippen LogP contribution in [-0.4, -0.2) is 53.1 Å². The van der Waals surface area contributed by atoms with Gasteiger partial charge in [-0.05, 0) is 38.4 Å². The molecule has 1 aliphatic heterocycles.